The second-order valence-electron chi connectivity index (χ2n) is 4.05. The van der Waals surface area contributed by atoms with E-state index in [1.165, 1.54) is 12.8 Å². The fourth-order valence-electron chi connectivity index (χ4n) is 1.45. The van der Waals surface area contributed by atoms with E-state index in [-0.39, 0.29) is 0 Å². The van der Waals surface area contributed by atoms with Gasteiger partial charge < -0.3 is 15.0 Å². The number of aromatic nitrogens is 3. The van der Waals surface area contributed by atoms with Crippen LogP contribution in [0.15, 0.2) is 5.16 Å². The highest BCUT2D eigenvalue weighted by Crippen LogP contribution is 2.29. The van der Waals surface area contributed by atoms with Gasteiger partial charge in [-0.2, -0.15) is 0 Å². The minimum absolute atomic E-state index is 0.607. The zero-order valence-corrected chi connectivity index (χ0v) is 10.4. The Morgan fingerprint density at radius 3 is 3.00 bits per heavy atom. The molecule has 0 saturated heterocycles. The molecule has 90 valence electrons. The standard InChI is InChI=1S/C10H18N4OS/c1-8-12-13-10(14(8)5-4-11)16-7-15-6-9-2-3-9/h9H,2-7,11H2,1H3. The lowest BCUT2D eigenvalue weighted by Gasteiger charge is -2.06. The SMILES string of the molecule is Cc1nnc(SCOCC2CC2)n1CCN. The van der Waals surface area contributed by atoms with E-state index in [2.05, 4.69) is 10.2 Å². The summed E-state index contributed by atoms with van der Waals surface area (Å²) in [5, 5.41) is 9.05. The average Bonchev–Trinajstić information content (AvgIpc) is 3.04. The minimum atomic E-state index is 0.607. The van der Waals surface area contributed by atoms with Crippen LogP contribution in [0.3, 0.4) is 0 Å². The third kappa shape index (κ3) is 3.20. The van der Waals surface area contributed by atoms with Crippen molar-refractivity contribution in [2.45, 2.75) is 31.5 Å². The quantitative estimate of drug-likeness (QED) is 0.439. The van der Waals surface area contributed by atoms with E-state index < -0.39 is 0 Å². The number of ether oxygens (including phenoxy) is 1. The van der Waals surface area contributed by atoms with Crippen molar-refractivity contribution in [2.24, 2.45) is 11.7 Å². The molecule has 6 heteroatoms. The Kier molecular flexibility index (Phi) is 4.20. The van der Waals surface area contributed by atoms with Gasteiger partial charge in [0.15, 0.2) is 5.16 Å². The zero-order chi connectivity index (χ0) is 11.4. The lowest BCUT2D eigenvalue weighted by atomic mass is 10.5. The van der Waals surface area contributed by atoms with Crippen molar-refractivity contribution in [1.29, 1.82) is 0 Å². The lowest BCUT2D eigenvalue weighted by Crippen LogP contribution is -2.12. The predicted molar refractivity (Wildman–Crippen MR) is 63.2 cm³/mol. The van der Waals surface area contributed by atoms with Crippen LogP contribution in [0.1, 0.15) is 18.7 Å². The van der Waals surface area contributed by atoms with Crippen molar-refractivity contribution in [3.05, 3.63) is 5.82 Å². The second kappa shape index (κ2) is 5.65. The molecular weight excluding hydrogens is 224 g/mol. The van der Waals surface area contributed by atoms with E-state index in [0.29, 0.717) is 12.5 Å². The van der Waals surface area contributed by atoms with Gasteiger partial charge in [-0.15, -0.1) is 10.2 Å². The van der Waals surface area contributed by atoms with Gasteiger partial charge in [0.2, 0.25) is 0 Å². The summed E-state index contributed by atoms with van der Waals surface area (Å²) in [4.78, 5) is 0. The predicted octanol–water partition coefficient (Wildman–Crippen LogP) is 1.02. The van der Waals surface area contributed by atoms with Crippen LogP contribution in [0.5, 0.6) is 0 Å². The number of thioether (sulfide) groups is 1. The maximum Gasteiger partial charge on any atom is 0.193 e. The first-order valence-electron chi connectivity index (χ1n) is 5.61. The summed E-state index contributed by atoms with van der Waals surface area (Å²) in [5.74, 6) is 2.37. The first-order chi connectivity index (χ1) is 7.81. The summed E-state index contributed by atoms with van der Waals surface area (Å²) >= 11 is 1.59. The Balaban J connectivity index is 1.77. The Bertz CT molecular complexity index is 338. The monoisotopic (exact) mass is 242 g/mol. The molecule has 0 unspecified atom stereocenters. The lowest BCUT2D eigenvalue weighted by molar-refractivity contribution is 0.170. The first-order valence-corrected chi connectivity index (χ1v) is 6.60. The van der Waals surface area contributed by atoms with E-state index in [0.717, 1.165) is 30.1 Å². The molecule has 0 aliphatic heterocycles. The van der Waals surface area contributed by atoms with Gasteiger partial charge in [-0.3, -0.25) is 0 Å². The summed E-state index contributed by atoms with van der Waals surface area (Å²) in [6, 6.07) is 0. The molecule has 0 spiro atoms. The highest BCUT2D eigenvalue weighted by Gasteiger charge is 2.21. The average molecular weight is 242 g/mol. The number of hydrogen-bond donors (Lipinski definition) is 1. The summed E-state index contributed by atoms with van der Waals surface area (Å²) in [6.07, 6.45) is 2.65. The van der Waals surface area contributed by atoms with E-state index in [4.69, 9.17) is 10.5 Å². The van der Waals surface area contributed by atoms with Crippen LogP contribution in [0.2, 0.25) is 0 Å². The summed E-state index contributed by atoms with van der Waals surface area (Å²) in [7, 11) is 0. The van der Waals surface area contributed by atoms with Crippen LogP contribution in [-0.4, -0.2) is 33.9 Å². The molecular formula is C10H18N4OS. The van der Waals surface area contributed by atoms with E-state index in [1.807, 2.05) is 11.5 Å². The summed E-state index contributed by atoms with van der Waals surface area (Å²) in [6.45, 7) is 4.20. The van der Waals surface area contributed by atoms with Crippen LogP contribution in [0.4, 0.5) is 0 Å². The molecule has 0 aromatic carbocycles. The van der Waals surface area contributed by atoms with Crippen LogP contribution in [-0.2, 0) is 11.3 Å². The normalized spacial score (nSPS) is 15.6. The number of rotatable bonds is 7. The third-order valence-corrected chi connectivity index (χ3v) is 3.42. The largest absolute Gasteiger partial charge is 0.370 e. The van der Waals surface area contributed by atoms with Gasteiger partial charge >= 0.3 is 0 Å². The van der Waals surface area contributed by atoms with E-state index in [1.54, 1.807) is 11.8 Å². The molecule has 1 aliphatic carbocycles. The topological polar surface area (TPSA) is 66.0 Å². The molecule has 1 aromatic heterocycles. The minimum Gasteiger partial charge on any atom is -0.370 e. The van der Waals surface area contributed by atoms with Crippen LogP contribution in [0, 0.1) is 12.8 Å². The maximum atomic E-state index is 5.55. The van der Waals surface area contributed by atoms with Crippen molar-refractivity contribution >= 4 is 11.8 Å². The highest BCUT2D eigenvalue weighted by atomic mass is 32.2. The maximum absolute atomic E-state index is 5.55. The molecule has 1 aliphatic rings. The molecule has 2 rings (SSSR count). The summed E-state index contributed by atoms with van der Waals surface area (Å²) < 4.78 is 7.59. The van der Waals surface area contributed by atoms with E-state index in [9.17, 15) is 0 Å². The third-order valence-electron chi connectivity index (χ3n) is 2.58. The van der Waals surface area contributed by atoms with Gasteiger partial charge in [-0.1, -0.05) is 11.8 Å². The van der Waals surface area contributed by atoms with Crippen molar-refractivity contribution in [3.8, 4) is 0 Å². The van der Waals surface area contributed by atoms with Crippen molar-refractivity contribution in [1.82, 2.24) is 14.8 Å². The molecule has 1 saturated carbocycles. The molecule has 2 N–H and O–H groups in total. The second-order valence-corrected chi connectivity index (χ2v) is 4.94. The van der Waals surface area contributed by atoms with E-state index >= 15 is 0 Å². The number of nitrogens with zero attached hydrogens (tertiary/aromatic N) is 3. The van der Waals surface area contributed by atoms with Crippen LogP contribution < -0.4 is 5.73 Å². The Morgan fingerprint density at radius 1 is 1.50 bits per heavy atom. The van der Waals surface area contributed by atoms with Gasteiger partial charge in [0.1, 0.15) is 5.82 Å². The van der Waals surface area contributed by atoms with Gasteiger partial charge in [0.25, 0.3) is 0 Å². The van der Waals surface area contributed by atoms with Gasteiger partial charge in [-0.25, -0.2) is 0 Å². The molecule has 0 bridgehead atoms. The molecule has 16 heavy (non-hydrogen) atoms. The highest BCUT2D eigenvalue weighted by molar-refractivity contribution is 7.99. The smallest absolute Gasteiger partial charge is 0.193 e. The number of nitrogens with two attached hydrogens (primary N) is 1. The fourth-order valence-corrected chi connectivity index (χ4v) is 2.21. The molecule has 0 radical (unpaired) electrons. The number of hydrogen-bond acceptors (Lipinski definition) is 5. The summed E-state index contributed by atoms with van der Waals surface area (Å²) in [5.41, 5.74) is 5.54. The zero-order valence-electron chi connectivity index (χ0n) is 9.56. The fraction of sp³-hybridized carbons (Fsp3) is 0.800. The molecule has 1 heterocycles. The van der Waals surface area contributed by atoms with Gasteiger partial charge in [0, 0.05) is 13.1 Å². The van der Waals surface area contributed by atoms with Crippen molar-refractivity contribution in [3.63, 3.8) is 0 Å². The first kappa shape index (κ1) is 11.9. The van der Waals surface area contributed by atoms with Crippen LogP contribution >= 0.6 is 11.8 Å². The molecule has 1 fully saturated rings. The Hall–Kier alpha value is -0.590. The van der Waals surface area contributed by atoms with Gasteiger partial charge in [0.05, 0.1) is 12.5 Å². The molecule has 0 amide bonds. The Labute approximate surface area is 99.7 Å². The van der Waals surface area contributed by atoms with Gasteiger partial charge in [-0.05, 0) is 25.7 Å². The molecule has 0 atom stereocenters. The number of aryl methyl sites for hydroxylation is 1. The molecule has 5 nitrogen and oxygen atoms in total. The van der Waals surface area contributed by atoms with Crippen molar-refractivity contribution < 1.29 is 4.74 Å². The Morgan fingerprint density at radius 2 is 2.31 bits per heavy atom. The van der Waals surface area contributed by atoms with Crippen LogP contribution in [0.25, 0.3) is 0 Å². The van der Waals surface area contributed by atoms with Crippen molar-refractivity contribution in [2.75, 3.05) is 19.1 Å². The molecule has 1 aromatic rings.